The van der Waals surface area contributed by atoms with E-state index in [2.05, 4.69) is 6.07 Å². The second kappa shape index (κ2) is 2.34. The molecule has 2 saturated carbocycles. The Morgan fingerprint density at radius 2 is 2.09 bits per heavy atom. The number of hydrogen-bond donors (Lipinski definition) is 0. The zero-order valence-electron chi connectivity index (χ0n) is 6.36. The van der Waals surface area contributed by atoms with Crippen molar-refractivity contribution in [2.75, 3.05) is 0 Å². The lowest BCUT2D eigenvalue weighted by Crippen LogP contribution is -2.17. The molecule has 0 radical (unpaired) electrons. The van der Waals surface area contributed by atoms with Crippen LogP contribution in [0.1, 0.15) is 19.3 Å². The lowest BCUT2D eigenvalue weighted by Gasteiger charge is -2.18. The Morgan fingerprint density at radius 1 is 1.27 bits per heavy atom. The highest BCUT2D eigenvalue weighted by atomic mass is 16.1. The molecule has 11 heavy (non-hydrogen) atoms. The van der Waals surface area contributed by atoms with E-state index in [0.717, 1.165) is 25.5 Å². The number of nitriles is 1. The smallest absolute Gasteiger partial charge is 0.123 e. The molecule has 0 saturated heterocycles. The summed E-state index contributed by atoms with van der Waals surface area (Å²) < 4.78 is 0. The zero-order valence-corrected chi connectivity index (χ0v) is 6.36. The largest absolute Gasteiger partial charge is 0.303 e. The minimum absolute atomic E-state index is 0.260. The van der Waals surface area contributed by atoms with Gasteiger partial charge in [0.15, 0.2) is 0 Å². The number of nitrogens with zero attached hydrogens (tertiary/aromatic N) is 1. The van der Waals surface area contributed by atoms with Crippen molar-refractivity contribution < 1.29 is 4.79 Å². The van der Waals surface area contributed by atoms with Crippen molar-refractivity contribution in [2.24, 2.45) is 23.7 Å². The third kappa shape index (κ3) is 0.875. The van der Waals surface area contributed by atoms with Crippen molar-refractivity contribution in [2.45, 2.75) is 19.3 Å². The monoisotopic (exact) mass is 149 g/mol. The Labute approximate surface area is 66.2 Å². The molecule has 58 valence electrons. The van der Waals surface area contributed by atoms with Gasteiger partial charge in [0.1, 0.15) is 6.29 Å². The summed E-state index contributed by atoms with van der Waals surface area (Å²) in [4.78, 5) is 10.5. The van der Waals surface area contributed by atoms with Crippen LogP contribution in [0.5, 0.6) is 0 Å². The summed E-state index contributed by atoms with van der Waals surface area (Å²) in [5, 5.41) is 8.71. The molecule has 4 atom stereocenters. The summed E-state index contributed by atoms with van der Waals surface area (Å²) in [7, 11) is 0. The molecule has 0 aromatic carbocycles. The molecule has 0 spiro atoms. The van der Waals surface area contributed by atoms with E-state index in [1.807, 2.05) is 0 Å². The zero-order chi connectivity index (χ0) is 7.84. The van der Waals surface area contributed by atoms with Gasteiger partial charge in [-0.25, -0.2) is 0 Å². The molecule has 2 nitrogen and oxygen atoms in total. The van der Waals surface area contributed by atoms with Gasteiger partial charge in [-0.05, 0) is 31.1 Å². The Morgan fingerprint density at radius 3 is 2.55 bits per heavy atom. The topological polar surface area (TPSA) is 40.9 Å². The standard InChI is InChI=1S/C9H11NO/c10-4-8-2-7-1-6(8)3-9(7)5-11/h5-9H,1-3H2/t6-,7+,8+,9+/m0/s1. The summed E-state index contributed by atoms with van der Waals surface area (Å²) in [6, 6.07) is 2.32. The van der Waals surface area contributed by atoms with Gasteiger partial charge in [0.2, 0.25) is 0 Å². The van der Waals surface area contributed by atoms with E-state index in [-0.39, 0.29) is 11.8 Å². The maximum Gasteiger partial charge on any atom is 0.123 e. The van der Waals surface area contributed by atoms with Gasteiger partial charge in [-0.15, -0.1) is 0 Å². The second-order valence-electron chi connectivity index (χ2n) is 3.76. The van der Waals surface area contributed by atoms with Crippen molar-refractivity contribution in [3.05, 3.63) is 0 Å². The van der Waals surface area contributed by atoms with E-state index < -0.39 is 0 Å². The predicted molar refractivity (Wildman–Crippen MR) is 39.5 cm³/mol. The molecule has 2 fully saturated rings. The molecule has 2 heteroatoms. The average Bonchev–Trinajstić information content (AvgIpc) is 2.60. The van der Waals surface area contributed by atoms with Crippen LogP contribution in [0.25, 0.3) is 0 Å². The second-order valence-corrected chi connectivity index (χ2v) is 3.76. The number of carbonyl (C=O) groups is 1. The molecule has 0 aromatic heterocycles. The average molecular weight is 149 g/mol. The Kier molecular flexibility index (Phi) is 1.45. The van der Waals surface area contributed by atoms with Gasteiger partial charge in [0.25, 0.3) is 0 Å². The summed E-state index contributed by atoms with van der Waals surface area (Å²) in [6.07, 6.45) is 4.16. The first kappa shape index (κ1) is 6.84. The minimum atomic E-state index is 0.260. The van der Waals surface area contributed by atoms with Crippen LogP contribution < -0.4 is 0 Å². The van der Waals surface area contributed by atoms with Gasteiger partial charge in [0.05, 0.1) is 6.07 Å². The van der Waals surface area contributed by atoms with Crippen molar-refractivity contribution in [1.82, 2.24) is 0 Å². The summed E-state index contributed by atoms with van der Waals surface area (Å²) in [5.41, 5.74) is 0. The lowest BCUT2D eigenvalue weighted by atomic mass is 9.84. The van der Waals surface area contributed by atoms with Crippen LogP contribution in [-0.4, -0.2) is 6.29 Å². The molecule has 0 aliphatic heterocycles. The van der Waals surface area contributed by atoms with E-state index in [1.54, 1.807) is 0 Å². The van der Waals surface area contributed by atoms with Gasteiger partial charge in [0, 0.05) is 11.8 Å². The quantitative estimate of drug-likeness (QED) is 0.528. The van der Waals surface area contributed by atoms with Crippen molar-refractivity contribution >= 4 is 6.29 Å². The molecular formula is C9H11NO. The van der Waals surface area contributed by atoms with Gasteiger partial charge in [-0.3, -0.25) is 0 Å². The van der Waals surface area contributed by atoms with Crippen LogP contribution in [0.2, 0.25) is 0 Å². The number of rotatable bonds is 1. The molecule has 2 aliphatic rings. The number of hydrogen-bond acceptors (Lipinski definition) is 2. The van der Waals surface area contributed by atoms with Crippen LogP contribution in [-0.2, 0) is 4.79 Å². The molecular weight excluding hydrogens is 138 g/mol. The van der Waals surface area contributed by atoms with Crippen molar-refractivity contribution in [3.8, 4) is 6.07 Å². The van der Waals surface area contributed by atoms with Crippen LogP contribution in [0.15, 0.2) is 0 Å². The first-order valence-corrected chi connectivity index (χ1v) is 4.20. The normalized spacial score (nSPS) is 47.2. The van der Waals surface area contributed by atoms with Gasteiger partial charge >= 0.3 is 0 Å². The fourth-order valence-corrected chi connectivity index (χ4v) is 2.64. The summed E-state index contributed by atoms with van der Waals surface area (Å²) >= 11 is 0. The van der Waals surface area contributed by atoms with Crippen molar-refractivity contribution in [3.63, 3.8) is 0 Å². The van der Waals surface area contributed by atoms with E-state index in [4.69, 9.17) is 5.26 Å². The highest BCUT2D eigenvalue weighted by Gasteiger charge is 2.45. The molecule has 0 aromatic rings. The van der Waals surface area contributed by atoms with Gasteiger partial charge < -0.3 is 4.79 Å². The molecule has 0 heterocycles. The van der Waals surface area contributed by atoms with E-state index in [0.29, 0.717) is 11.8 Å². The highest BCUT2D eigenvalue weighted by molar-refractivity contribution is 5.55. The fourth-order valence-electron chi connectivity index (χ4n) is 2.64. The molecule has 2 aliphatic carbocycles. The van der Waals surface area contributed by atoms with Crippen LogP contribution >= 0.6 is 0 Å². The first-order chi connectivity index (χ1) is 5.35. The van der Waals surface area contributed by atoms with Gasteiger partial charge in [-0.1, -0.05) is 0 Å². The maximum absolute atomic E-state index is 10.5. The Balaban J connectivity index is 2.09. The molecule has 0 amide bonds. The fraction of sp³-hybridized carbons (Fsp3) is 0.778. The van der Waals surface area contributed by atoms with Crippen LogP contribution in [0.4, 0.5) is 0 Å². The maximum atomic E-state index is 10.5. The SMILES string of the molecule is N#C[C@H]1C[C@H]2C[C@H]1C[C@@H]2C=O. The first-order valence-electron chi connectivity index (χ1n) is 4.20. The van der Waals surface area contributed by atoms with E-state index >= 15 is 0 Å². The Bertz CT molecular complexity index is 218. The minimum Gasteiger partial charge on any atom is -0.303 e. The number of carbonyl (C=O) groups excluding carboxylic acids is 1. The molecule has 2 rings (SSSR count). The van der Waals surface area contributed by atoms with Crippen LogP contribution in [0.3, 0.4) is 0 Å². The predicted octanol–water partition coefficient (Wildman–Crippen LogP) is 1.37. The number of fused-ring (bicyclic) bond motifs is 2. The third-order valence-corrected chi connectivity index (χ3v) is 3.25. The lowest BCUT2D eigenvalue weighted by molar-refractivity contribution is -0.112. The van der Waals surface area contributed by atoms with E-state index in [1.165, 1.54) is 0 Å². The molecule has 0 N–H and O–H groups in total. The third-order valence-electron chi connectivity index (χ3n) is 3.25. The Hall–Kier alpha value is -0.840. The molecule has 0 unspecified atom stereocenters. The number of aldehydes is 1. The van der Waals surface area contributed by atoms with E-state index in [9.17, 15) is 4.79 Å². The summed E-state index contributed by atoms with van der Waals surface area (Å²) in [6.45, 7) is 0. The highest BCUT2D eigenvalue weighted by Crippen LogP contribution is 2.50. The van der Waals surface area contributed by atoms with Crippen LogP contribution in [0, 0.1) is 35.0 Å². The van der Waals surface area contributed by atoms with Gasteiger partial charge in [-0.2, -0.15) is 5.26 Å². The molecule has 2 bridgehead atoms. The van der Waals surface area contributed by atoms with Crippen molar-refractivity contribution in [1.29, 1.82) is 5.26 Å². The summed E-state index contributed by atoms with van der Waals surface area (Å²) in [5.74, 6) is 1.63.